The molecule has 1 aliphatic carbocycles. The van der Waals surface area contributed by atoms with Crippen LogP contribution in [0.5, 0.6) is 5.75 Å². The Hall–Kier alpha value is -1.59. The molecule has 2 aliphatic rings. The van der Waals surface area contributed by atoms with Crippen LogP contribution in [0, 0.1) is 5.92 Å². The minimum Gasteiger partial charge on any atom is -0.491 e. The van der Waals surface area contributed by atoms with Crippen LogP contribution in [0.2, 0.25) is 0 Å². The lowest BCUT2D eigenvalue weighted by Gasteiger charge is -2.35. The number of β-amino-alcohol motifs (C(OH)–C–C–N with tert-alkyl or cyclic N) is 1. The number of aliphatic hydroxyl groups is 1. The molecule has 0 bridgehead atoms. The number of para-hydroxylation sites is 1. The van der Waals surface area contributed by atoms with Gasteiger partial charge in [0.2, 0.25) is 5.91 Å². The fourth-order valence-electron chi connectivity index (χ4n) is 3.36. The first-order valence-corrected chi connectivity index (χ1v) is 9.45. The van der Waals surface area contributed by atoms with E-state index < -0.39 is 6.10 Å². The highest BCUT2D eigenvalue weighted by Gasteiger charge is 2.34. The van der Waals surface area contributed by atoms with Gasteiger partial charge in [-0.1, -0.05) is 32.0 Å². The van der Waals surface area contributed by atoms with Crippen LogP contribution in [-0.4, -0.2) is 66.2 Å². The molecule has 1 aliphatic heterocycles. The van der Waals surface area contributed by atoms with Gasteiger partial charge in [0.15, 0.2) is 0 Å². The average Bonchev–Trinajstić information content (AvgIpc) is 3.45. The van der Waals surface area contributed by atoms with Crippen LogP contribution in [0.3, 0.4) is 0 Å². The summed E-state index contributed by atoms with van der Waals surface area (Å²) in [7, 11) is 0. The Morgan fingerprint density at radius 3 is 2.52 bits per heavy atom. The summed E-state index contributed by atoms with van der Waals surface area (Å²) >= 11 is 0. The molecule has 1 unspecified atom stereocenters. The summed E-state index contributed by atoms with van der Waals surface area (Å²) in [6.45, 7) is 8.39. The Morgan fingerprint density at radius 1 is 1.20 bits per heavy atom. The molecule has 1 saturated carbocycles. The number of aliphatic hydroxyl groups excluding tert-OH is 1. The van der Waals surface area contributed by atoms with Crippen molar-refractivity contribution in [2.75, 3.05) is 39.3 Å². The smallest absolute Gasteiger partial charge is 0.225 e. The van der Waals surface area contributed by atoms with Gasteiger partial charge in [0.1, 0.15) is 18.5 Å². The topological polar surface area (TPSA) is 53.0 Å². The van der Waals surface area contributed by atoms with E-state index in [1.807, 2.05) is 23.1 Å². The summed E-state index contributed by atoms with van der Waals surface area (Å²) in [5.74, 6) is 1.88. The van der Waals surface area contributed by atoms with Crippen molar-refractivity contribution in [3.05, 3.63) is 29.8 Å². The lowest BCUT2D eigenvalue weighted by atomic mass is 10.0. The minimum absolute atomic E-state index is 0.297. The third kappa shape index (κ3) is 4.95. The van der Waals surface area contributed by atoms with E-state index in [-0.39, 0.29) is 0 Å². The van der Waals surface area contributed by atoms with E-state index in [4.69, 9.17) is 4.74 Å². The maximum atomic E-state index is 12.1. The van der Waals surface area contributed by atoms with Crippen molar-refractivity contribution in [3.8, 4) is 5.75 Å². The maximum absolute atomic E-state index is 12.1. The molecule has 25 heavy (non-hydrogen) atoms. The molecule has 5 nitrogen and oxygen atoms in total. The standard InChI is InChI=1S/C20H30N2O3/c1-15(2)18-5-3-4-6-19(18)25-14-17(23)13-21-9-11-22(12-10-21)20(24)16-7-8-16/h3-6,15-17,23H,7-14H2,1-2H3. The van der Waals surface area contributed by atoms with Crippen molar-refractivity contribution in [2.45, 2.75) is 38.7 Å². The zero-order valence-electron chi connectivity index (χ0n) is 15.4. The molecule has 1 aromatic carbocycles. The van der Waals surface area contributed by atoms with Crippen molar-refractivity contribution in [2.24, 2.45) is 5.92 Å². The normalized spacial score (nSPS) is 19.9. The highest BCUT2D eigenvalue weighted by molar-refractivity contribution is 5.81. The number of hydrogen-bond acceptors (Lipinski definition) is 4. The van der Waals surface area contributed by atoms with Gasteiger partial charge in [0, 0.05) is 38.6 Å². The van der Waals surface area contributed by atoms with Crippen LogP contribution in [0.25, 0.3) is 0 Å². The molecule has 138 valence electrons. The average molecular weight is 346 g/mol. The maximum Gasteiger partial charge on any atom is 0.225 e. The van der Waals surface area contributed by atoms with E-state index in [1.54, 1.807) is 0 Å². The van der Waals surface area contributed by atoms with Crippen molar-refractivity contribution in [1.29, 1.82) is 0 Å². The van der Waals surface area contributed by atoms with E-state index in [9.17, 15) is 9.90 Å². The van der Waals surface area contributed by atoms with Crippen LogP contribution in [-0.2, 0) is 4.79 Å². The SMILES string of the molecule is CC(C)c1ccccc1OCC(O)CN1CCN(C(=O)C2CC2)CC1. The fourth-order valence-corrected chi connectivity index (χ4v) is 3.36. The van der Waals surface area contributed by atoms with E-state index in [0.717, 1.165) is 44.8 Å². The van der Waals surface area contributed by atoms with E-state index in [0.29, 0.717) is 30.9 Å². The van der Waals surface area contributed by atoms with Crippen LogP contribution in [0.4, 0.5) is 0 Å². The largest absolute Gasteiger partial charge is 0.491 e. The summed E-state index contributed by atoms with van der Waals surface area (Å²) in [6.07, 6.45) is 1.60. The van der Waals surface area contributed by atoms with Gasteiger partial charge in [-0.2, -0.15) is 0 Å². The second kappa shape index (κ2) is 8.19. The first-order chi connectivity index (χ1) is 12.0. The number of nitrogens with zero attached hydrogens (tertiary/aromatic N) is 2. The summed E-state index contributed by atoms with van der Waals surface area (Å²) < 4.78 is 5.86. The predicted octanol–water partition coefficient (Wildman–Crippen LogP) is 2.10. The quantitative estimate of drug-likeness (QED) is 0.821. The first kappa shape index (κ1) is 18.2. The molecule has 1 amide bonds. The Balaban J connectivity index is 1.41. The number of piperazine rings is 1. The summed E-state index contributed by atoms with van der Waals surface area (Å²) in [5.41, 5.74) is 1.17. The zero-order valence-corrected chi connectivity index (χ0v) is 15.4. The monoisotopic (exact) mass is 346 g/mol. The van der Waals surface area contributed by atoms with Crippen molar-refractivity contribution < 1.29 is 14.6 Å². The van der Waals surface area contributed by atoms with Gasteiger partial charge in [-0.15, -0.1) is 0 Å². The second-order valence-electron chi connectivity index (χ2n) is 7.56. The lowest BCUT2D eigenvalue weighted by molar-refractivity contribution is -0.134. The molecule has 1 aromatic rings. The molecule has 1 heterocycles. The number of carbonyl (C=O) groups excluding carboxylic acids is 1. The molecular weight excluding hydrogens is 316 g/mol. The number of benzene rings is 1. The van der Waals surface area contributed by atoms with Gasteiger partial charge >= 0.3 is 0 Å². The highest BCUT2D eigenvalue weighted by Crippen LogP contribution is 2.31. The molecule has 1 atom stereocenters. The second-order valence-corrected chi connectivity index (χ2v) is 7.56. The van der Waals surface area contributed by atoms with Gasteiger partial charge in [-0.3, -0.25) is 9.69 Å². The third-order valence-electron chi connectivity index (χ3n) is 5.05. The summed E-state index contributed by atoms with van der Waals surface area (Å²) in [6, 6.07) is 8.01. The van der Waals surface area contributed by atoms with Crippen molar-refractivity contribution in [3.63, 3.8) is 0 Å². The van der Waals surface area contributed by atoms with Gasteiger partial charge in [0.05, 0.1) is 0 Å². The van der Waals surface area contributed by atoms with Crippen LogP contribution >= 0.6 is 0 Å². The van der Waals surface area contributed by atoms with Crippen LogP contribution in [0.15, 0.2) is 24.3 Å². The Labute approximate surface area is 150 Å². The molecule has 2 fully saturated rings. The molecule has 1 saturated heterocycles. The predicted molar refractivity (Wildman–Crippen MR) is 97.8 cm³/mol. The Bertz CT molecular complexity index is 578. The Kier molecular flexibility index (Phi) is 5.97. The molecule has 5 heteroatoms. The van der Waals surface area contributed by atoms with Crippen LogP contribution in [0.1, 0.15) is 38.2 Å². The molecule has 3 rings (SSSR count). The van der Waals surface area contributed by atoms with Gasteiger partial charge < -0.3 is 14.7 Å². The van der Waals surface area contributed by atoms with Gasteiger partial charge in [-0.25, -0.2) is 0 Å². The van der Waals surface area contributed by atoms with E-state index >= 15 is 0 Å². The molecule has 0 aromatic heterocycles. The zero-order chi connectivity index (χ0) is 17.8. The number of rotatable bonds is 7. The number of ether oxygens (including phenoxy) is 1. The molecule has 0 spiro atoms. The van der Waals surface area contributed by atoms with Gasteiger partial charge in [-0.05, 0) is 30.4 Å². The first-order valence-electron chi connectivity index (χ1n) is 9.45. The van der Waals surface area contributed by atoms with E-state index in [2.05, 4.69) is 24.8 Å². The number of amides is 1. The fraction of sp³-hybridized carbons (Fsp3) is 0.650. The molecule has 0 radical (unpaired) electrons. The minimum atomic E-state index is -0.522. The summed E-state index contributed by atoms with van der Waals surface area (Å²) in [4.78, 5) is 16.3. The summed E-state index contributed by atoms with van der Waals surface area (Å²) in [5, 5.41) is 10.3. The van der Waals surface area contributed by atoms with Crippen molar-refractivity contribution in [1.82, 2.24) is 9.80 Å². The third-order valence-corrected chi connectivity index (χ3v) is 5.05. The Morgan fingerprint density at radius 2 is 1.88 bits per heavy atom. The number of carbonyl (C=O) groups is 1. The van der Waals surface area contributed by atoms with E-state index in [1.165, 1.54) is 5.56 Å². The molecule has 1 N–H and O–H groups in total. The van der Waals surface area contributed by atoms with Gasteiger partial charge in [0.25, 0.3) is 0 Å². The van der Waals surface area contributed by atoms with Crippen LogP contribution < -0.4 is 4.74 Å². The van der Waals surface area contributed by atoms with Crippen molar-refractivity contribution >= 4 is 5.91 Å². The molecular formula is C20H30N2O3. The number of hydrogen-bond donors (Lipinski definition) is 1. The highest BCUT2D eigenvalue weighted by atomic mass is 16.5. The lowest BCUT2D eigenvalue weighted by Crippen LogP contribution is -2.51.